The van der Waals surface area contributed by atoms with Crippen LogP contribution in [0, 0.1) is 0 Å². The summed E-state index contributed by atoms with van der Waals surface area (Å²) >= 11 is 0. The van der Waals surface area contributed by atoms with Gasteiger partial charge in [0.2, 0.25) is 5.91 Å². The normalized spacial score (nSPS) is 10.4. The third-order valence-corrected chi connectivity index (χ3v) is 2.72. The van der Waals surface area contributed by atoms with Crippen molar-refractivity contribution < 1.29 is 9.53 Å². The van der Waals surface area contributed by atoms with Gasteiger partial charge in [-0.15, -0.1) is 0 Å². The summed E-state index contributed by atoms with van der Waals surface area (Å²) in [5, 5.41) is 2.74. The molecule has 0 radical (unpaired) electrons. The summed E-state index contributed by atoms with van der Waals surface area (Å²) in [4.78, 5) is 11.8. The molecule has 0 saturated heterocycles. The molecule has 2 aromatic carbocycles. The molecule has 0 spiro atoms. The van der Waals surface area contributed by atoms with Gasteiger partial charge in [0.1, 0.15) is 5.75 Å². The van der Waals surface area contributed by atoms with E-state index in [1.54, 1.807) is 31.4 Å². The van der Waals surface area contributed by atoms with Gasteiger partial charge >= 0.3 is 0 Å². The van der Waals surface area contributed by atoms with Crippen molar-refractivity contribution in [1.82, 2.24) is 0 Å². The average molecular weight is 268 g/mol. The fourth-order valence-electron chi connectivity index (χ4n) is 1.73. The van der Waals surface area contributed by atoms with Crippen molar-refractivity contribution in [1.29, 1.82) is 0 Å². The molecule has 0 aliphatic rings. The van der Waals surface area contributed by atoms with Crippen molar-refractivity contribution >= 4 is 23.4 Å². The number of nitrogens with one attached hydrogen (secondary N) is 1. The largest absolute Gasteiger partial charge is 0.495 e. The van der Waals surface area contributed by atoms with Crippen LogP contribution in [0.4, 0.5) is 11.4 Å². The van der Waals surface area contributed by atoms with E-state index in [2.05, 4.69) is 5.32 Å². The van der Waals surface area contributed by atoms with Gasteiger partial charge in [-0.2, -0.15) is 0 Å². The minimum absolute atomic E-state index is 0.210. The number of hydrogen-bond donors (Lipinski definition) is 2. The number of amides is 1. The molecule has 0 heterocycles. The molecule has 0 aliphatic heterocycles. The summed E-state index contributed by atoms with van der Waals surface area (Å²) in [6.07, 6.45) is 3.23. The average Bonchev–Trinajstić information content (AvgIpc) is 2.46. The first kappa shape index (κ1) is 13.7. The number of hydrogen-bond acceptors (Lipinski definition) is 3. The van der Waals surface area contributed by atoms with Gasteiger partial charge in [0.25, 0.3) is 0 Å². The minimum atomic E-state index is -0.210. The van der Waals surface area contributed by atoms with Crippen LogP contribution in [-0.2, 0) is 4.79 Å². The maximum Gasteiger partial charge on any atom is 0.248 e. The van der Waals surface area contributed by atoms with Crippen molar-refractivity contribution in [2.45, 2.75) is 0 Å². The third-order valence-electron chi connectivity index (χ3n) is 2.72. The highest BCUT2D eigenvalue weighted by Crippen LogP contribution is 2.24. The van der Waals surface area contributed by atoms with Gasteiger partial charge < -0.3 is 15.8 Å². The van der Waals surface area contributed by atoms with Crippen molar-refractivity contribution in [3.63, 3.8) is 0 Å². The van der Waals surface area contributed by atoms with Gasteiger partial charge in [-0.05, 0) is 29.8 Å². The van der Waals surface area contributed by atoms with Crippen LogP contribution in [0.1, 0.15) is 5.56 Å². The zero-order valence-corrected chi connectivity index (χ0v) is 11.2. The smallest absolute Gasteiger partial charge is 0.248 e. The number of anilines is 2. The number of ether oxygens (including phenoxy) is 1. The Morgan fingerprint density at radius 3 is 2.60 bits per heavy atom. The lowest BCUT2D eigenvalue weighted by Gasteiger charge is -2.07. The van der Waals surface area contributed by atoms with E-state index in [-0.39, 0.29) is 5.91 Å². The molecule has 102 valence electrons. The summed E-state index contributed by atoms with van der Waals surface area (Å²) in [5.41, 5.74) is 7.86. The number of benzene rings is 2. The number of rotatable bonds is 4. The highest BCUT2D eigenvalue weighted by Gasteiger charge is 2.02. The Kier molecular flexibility index (Phi) is 4.39. The third kappa shape index (κ3) is 3.62. The second kappa shape index (κ2) is 6.43. The number of carbonyl (C=O) groups is 1. The van der Waals surface area contributed by atoms with Crippen molar-refractivity contribution in [3.05, 3.63) is 60.2 Å². The number of methoxy groups -OCH3 is 1. The topological polar surface area (TPSA) is 64.3 Å². The summed E-state index contributed by atoms with van der Waals surface area (Å²) in [6.45, 7) is 0. The molecule has 20 heavy (non-hydrogen) atoms. The van der Waals surface area contributed by atoms with Gasteiger partial charge in [-0.3, -0.25) is 4.79 Å². The number of nitrogens with two attached hydrogens (primary N) is 1. The Labute approximate surface area is 117 Å². The molecule has 0 bridgehead atoms. The maximum atomic E-state index is 11.8. The number of carbonyl (C=O) groups excluding carboxylic acids is 1. The minimum Gasteiger partial charge on any atom is -0.495 e. The van der Waals surface area contributed by atoms with Gasteiger partial charge in [-0.1, -0.05) is 30.3 Å². The quantitative estimate of drug-likeness (QED) is 0.662. The molecular formula is C16H16N2O2. The molecule has 0 fully saturated rings. The van der Waals surface area contributed by atoms with E-state index in [1.807, 2.05) is 30.3 Å². The Morgan fingerprint density at radius 1 is 1.20 bits per heavy atom. The van der Waals surface area contributed by atoms with Crippen LogP contribution in [0.5, 0.6) is 5.75 Å². The fourth-order valence-corrected chi connectivity index (χ4v) is 1.73. The zero-order chi connectivity index (χ0) is 14.4. The van der Waals surface area contributed by atoms with E-state index in [9.17, 15) is 4.79 Å². The van der Waals surface area contributed by atoms with Crippen molar-refractivity contribution in [3.8, 4) is 5.75 Å². The summed E-state index contributed by atoms with van der Waals surface area (Å²) in [6, 6.07) is 14.7. The van der Waals surface area contributed by atoms with E-state index in [4.69, 9.17) is 10.5 Å². The Balaban J connectivity index is 2.01. The van der Waals surface area contributed by atoms with Crippen LogP contribution in [0.25, 0.3) is 6.08 Å². The summed E-state index contributed by atoms with van der Waals surface area (Å²) in [5.74, 6) is 0.376. The van der Waals surface area contributed by atoms with E-state index in [1.165, 1.54) is 6.08 Å². The lowest BCUT2D eigenvalue weighted by atomic mass is 10.2. The maximum absolute atomic E-state index is 11.8. The second-order valence-corrected chi connectivity index (χ2v) is 4.19. The lowest BCUT2D eigenvalue weighted by molar-refractivity contribution is -0.111. The van der Waals surface area contributed by atoms with Crippen LogP contribution in [0.15, 0.2) is 54.6 Å². The molecule has 1 amide bonds. The molecule has 0 aromatic heterocycles. The van der Waals surface area contributed by atoms with Crippen molar-refractivity contribution in [2.24, 2.45) is 0 Å². The molecule has 0 aliphatic carbocycles. The molecular weight excluding hydrogens is 252 g/mol. The van der Waals surface area contributed by atoms with Gasteiger partial charge in [-0.25, -0.2) is 0 Å². The second-order valence-electron chi connectivity index (χ2n) is 4.19. The Bertz CT molecular complexity index is 622. The zero-order valence-electron chi connectivity index (χ0n) is 11.2. The van der Waals surface area contributed by atoms with Crippen LogP contribution in [0.3, 0.4) is 0 Å². The van der Waals surface area contributed by atoms with Crippen molar-refractivity contribution in [2.75, 3.05) is 18.2 Å². The number of nitrogen functional groups attached to an aromatic ring is 1. The van der Waals surface area contributed by atoms with Crippen LogP contribution in [-0.4, -0.2) is 13.0 Å². The lowest BCUT2D eigenvalue weighted by Crippen LogP contribution is -2.08. The Morgan fingerprint density at radius 2 is 1.95 bits per heavy atom. The first-order chi connectivity index (χ1) is 9.69. The predicted octanol–water partition coefficient (Wildman–Crippen LogP) is 2.93. The molecule has 0 saturated carbocycles. The van der Waals surface area contributed by atoms with Crippen LogP contribution < -0.4 is 15.8 Å². The van der Waals surface area contributed by atoms with Gasteiger partial charge in [0, 0.05) is 11.8 Å². The van der Waals surface area contributed by atoms with E-state index >= 15 is 0 Å². The molecule has 0 atom stereocenters. The summed E-state index contributed by atoms with van der Waals surface area (Å²) in [7, 11) is 1.55. The molecule has 2 aromatic rings. The molecule has 2 rings (SSSR count). The highest BCUT2D eigenvalue weighted by atomic mass is 16.5. The molecule has 4 heteroatoms. The Hall–Kier alpha value is -2.75. The predicted molar refractivity (Wildman–Crippen MR) is 81.5 cm³/mol. The molecule has 3 N–H and O–H groups in total. The standard InChI is InChI=1S/C16H16N2O2/c1-20-15-9-8-13(11-14(15)17)18-16(19)10-7-12-5-3-2-4-6-12/h2-11H,17H2,1H3,(H,18,19). The first-order valence-electron chi connectivity index (χ1n) is 6.16. The SMILES string of the molecule is COc1ccc(NC(=O)C=Cc2ccccc2)cc1N. The molecule has 4 nitrogen and oxygen atoms in total. The molecule has 0 unspecified atom stereocenters. The van der Waals surface area contributed by atoms with Gasteiger partial charge in [0.15, 0.2) is 0 Å². The van der Waals surface area contributed by atoms with E-state index in [0.29, 0.717) is 17.1 Å². The van der Waals surface area contributed by atoms with E-state index < -0.39 is 0 Å². The van der Waals surface area contributed by atoms with Gasteiger partial charge in [0.05, 0.1) is 12.8 Å². The highest BCUT2D eigenvalue weighted by molar-refractivity contribution is 6.02. The summed E-state index contributed by atoms with van der Waals surface area (Å²) < 4.78 is 5.06. The fraction of sp³-hybridized carbons (Fsp3) is 0.0625. The van der Waals surface area contributed by atoms with E-state index in [0.717, 1.165) is 5.56 Å². The first-order valence-corrected chi connectivity index (χ1v) is 6.16. The van der Waals surface area contributed by atoms with Crippen LogP contribution >= 0.6 is 0 Å². The van der Waals surface area contributed by atoms with Crippen LogP contribution in [0.2, 0.25) is 0 Å². The monoisotopic (exact) mass is 268 g/mol.